The number of nitrogens with one attached hydrogen (secondary N) is 2. The molecule has 0 aliphatic heterocycles. The summed E-state index contributed by atoms with van der Waals surface area (Å²) >= 11 is 1.70. The first kappa shape index (κ1) is 24.8. The zero-order valence-corrected chi connectivity index (χ0v) is 20.8. The van der Waals surface area contributed by atoms with Crippen LogP contribution in [0.3, 0.4) is 0 Å². The molecule has 0 aliphatic rings. The average molecular weight is 516 g/mol. The van der Waals surface area contributed by atoms with Crippen molar-refractivity contribution in [2.24, 2.45) is 4.99 Å². The molecule has 1 aromatic heterocycles. The maximum atomic E-state index is 4.65. The lowest BCUT2D eigenvalue weighted by atomic mass is 10.1. The number of nitrogens with zero attached hydrogens (tertiary/aromatic N) is 3. The SMILES string of the molecule is CN=C(NCCC(C)N(C)Cc1ccccc1)NCc1nc(C(C)C)cs1.I. The van der Waals surface area contributed by atoms with Crippen LogP contribution in [0, 0.1) is 0 Å². The van der Waals surface area contributed by atoms with Gasteiger partial charge < -0.3 is 10.6 Å². The van der Waals surface area contributed by atoms with Gasteiger partial charge in [-0.15, -0.1) is 35.3 Å². The lowest BCUT2D eigenvalue weighted by Gasteiger charge is -2.25. The Morgan fingerprint density at radius 3 is 2.50 bits per heavy atom. The van der Waals surface area contributed by atoms with Crippen LogP contribution in [-0.4, -0.2) is 42.5 Å². The fraction of sp³-hybridized carbons (Fsp3) is 0.524. The molecule has 0 aliphatic carbocycles. The molecule has 1 heterocycles. The Kier molecular flexibility index (Phi) is 11.6. The van der Waals surface area contributed by atoms with Crippen LogP contribution in [0.15, 0.2) is 40.7 Å². The van der Waals surface area contributed by atoms with Gasteiger partial charge in [0.2, 0.25) is 0 Å². The third kappa shape index (κ3) is 8.45. The number of benzene rings is 1. The van der Waals surface area contributed by atoms with E-state index in [1.807, 2.05) is 7.05 Å². The van der Waals surface area contributed by atoms with Crippen molar-refractivity contribution in [1.29, 1.82) is 0 Å². The second-order valence-corrected chi connectivity index (χ2v) is 8.15. The summed E-state index contributed by atoms with van der Waals surface area (Å²) < 4.78 is 0. The first-order valence-corrected chi connectivity index (χ1v) is 10.5. The molecule has 0 bridgehead atoms. The summed E-state index contributed by atoms with van der Waals surface area (Å²) in [6.07, 6.45) is 1.05. The molecule has 1 atom stereocenters. The van der Waals surface area contributed by atoms with Gasteiger partial charge in [-0.1, -0.05) is 44.2 Å². The molecule has 0 spiro atoms. The molecule has 5 nitrogen and oxygen atoms in total. The number of hydrogen-bond acceptors (Lipinski definition) is 4. The summed E-state index contributed by atoms with van der Waals surface area (Å²) in [5.41, 5.74) is 2.51. The molecule has 0 saturated carbocycles. The Balaban J connectivity index is 0.00000392. The van der Waals surface area contributed by atoms with Crippen molar-refractivity contribution in [2.45, 2.75) is 52.2 Å². The molecule has 2 N–H and O–H groups in total. The summed E-state index contributed by atoms with van der Waals surface area (Å²) in [6.45, 7) is 9.17. The summed E-state index contributed by atoms with van der Waals surface area (Å²) in [7, 11) is 3.99. The van der Waals surface area contributed by atoms with Gasteiger partial charge >= 0.3 is 0 Å². The summed E-state index contributed by atoms with van der Waals surface area (Å²) in [6, 6.07) is 11.1. The van der Waals surface area contributed by atoms with Crippen LogP contribution < -0.4 is 10.6 Å². The van der Waals surface area contributed by atoms with Gasteiger partial charge in [0.1, 0.15) is 5.01 Å². The second-order valence-electron chi connectivity index (χ2n) is 7.21. The maximum Gasteiger partial charge on any atom is 0.191 e. The molecule has 156 valence electrons. The van der Waals surface area contributed by atoms with E-state index in [2.05, 4.69) is 89.0 Å². The minimum Gasteiger partial charge on any atom is -0.356 e. The maximum absolute atomic E-state index is 4.65. The number of thiazole rings is 1. The third-order valence-corrected chi connectivity index (χ3v) is 5.54. The predicted octanol–water partition coefficient (Wildman–Crippen LogP) is 4.46. The molecular formula is C21H34IN5S. The molecule has 0 radical (unpaired) electrons. The standard InChI is InChI=1S/C21H33N5S.HI/c1-16(2)19-15-27-20(25-19)13-24-21(22-4)23-12-11-17(3)26(5)14-18-9-7-6-8-10-18;/h6-10,15-17H,11-14H2,1-5H3,(H2,22,23,24);1H. The van der Waals surface area contributed by atoms with Crippen LogP contribution in [0.4, 0.5) is 0 Å². The van der Waals surface area contributed by atoms with E-state index in [0.29, 0.717) is 18.5 Å². The van der Waals surface area contributed by atoms with E-state index in [0.717, 1.165) is 36.2 Å². The van der Waals surface area contributed by atoms with Crippen molar-refractivity contribution in [3.8, 4) is 0 Å². The first-order chi connectivity index (χ1) is 13.0. The van der Waals surface area contributed by atoms with Gasteiger partial charge in [0.15, 0.2) is 5.96 Å². The minimum atomic E-state index is 0. The van der Waals surface area contributed by atoms with Gasteiger partial charge in [-0.2, -0.15) is 0 Å². The van der Waals surface area contributed by atoms with E-state index in [4.69, 9.17) is 0 Å². The van der Waals surface area contributed by atoms with Gasteiger partial charge in [0.05, 0.1) is 12.2 Å². The fourth-order valence-electron chi connectivity index (χ4n) is 2.70. The van der Waals surface area contributed by atoms with Crippen LogP contribution >= 0.6 is 35.3 Å². The van der Waals surface area contributed by atoms with Crippen LogP contribution in [-0.2, 0) is 13.1 Å². The minimum absolute atomic E-state index is 0. The molecule has 1 unspecified atom stereocenters. The topological polar surface area (TPSA) is 52.6 Å². The van der Waals surface area contributed by atoms with Crippen molar-refractivity contribution in [3.05, 3.63) is 52.0 Å². The van der Waals surface area contributed by atoms with Crippen molar-refractivity contribution < 1.29 is 0 Å². The quantitative estimate of drug-likeness (QED) is 0.294. The fourth-order valence-corrected chi connectivity index (χ4v) is 3.59. The van der Waals surface area contributed by atoms with E-state index in [9.17, 15) is 0 Å². The Bertz CT molecular complexity index is 702. The lowest BCUT2D eigenvalue weighted by molar-refractivity contribution is 0.238. The Morgan fingerprint density at radius 1 is 1.18 bits per heavy atom. The molecule has 7 heteroatoms. The van der Waals surface area contributed by atoms with E-state index in [1.165, 1.54) is 5.56 Å². The van der Waals surface area contributed by atoms with Crippen molar-refractivity contribution in [2.75, 3.05) is 20.6 Å². The summed E-state index contributed by atoms with van der Waals surface area (Å²) in [5.74, 6) is 1.30. The largest absolute Gasteiger partial charge is 0.356 e. The van der Waals surface area contributed by atoms with Crippen molar-refractivity contribution in [1.82, 2.24) is 20.5 Å². The monoisotopic (exact) mass is 515 g/mol. The Morgan fingerprint density at radius 2 is 1.89 bits per heavy atom. The first-order valence-electron chi connectivity index (χ1n) is 9.62. The summed E-state index contributed by atoms with van der Waals surface area (Å²) in [5, 5.41) is 10.00. The Labute approximate surface area is 191 Å². The number of guanidine groups is 1. The van der Waals surface area contributed by atoms with Crippen LogP contribution in [0.25, 0.3) is 0 Å². The molecule has 28 heavy (non-hydrogen) atoms. The predicted molar refractivity (Wildman–Crippen MR) is 132 cm³/mol. The van der Waals surface area contributed by atoms with Gasteiger partial charge in [-0.05, 0) is 31.9 Å². The number of aromatic nitrogens is 1. The van der Waals surface area contributed by atoms with Crippen LogP contribution in [0.5, 0.6) is 0 Å². The highest BCUT2D eigenvalue weighted by Crippen LogP contribution is 2.17. The van der Waals surface area contributed by atoms with Crippen LogP contribution in [0.2, 0.25) is 0 Å². The second kappa shape index (κ2) is 13.1. The molecule has 0 amide bonds. The summed E-state index contributed by atoms with van der Waals surface area (Å²) in [4.78, 5) is 11.4. The highest BCUT2D eigenvalue weighted by molar-refractivity contribution is 14.0. The molecule has 0 fully saturated rings. The highest BCUT2D eigenvalue weighted by atomic mass is 127. The van der Waals surface area contributed by atoms with E-state index in [1.54, 1.807) is 11.3 Å². The van der Waals surface area contributed by atoms with E-state index >= 15 is 0 Å². The van der Waals surface area contributed by atoms with Crippen molar-refractivity contribution in [3.63, 3.8) is 0 Å². The highest BCUT2D eigenvalue weighted by Gasteiger charge is 2.10. The molecular weight excluding hydrogens is 481 g/mol. The molecule has 2 rings (SSSR count). The molecule has 1 aromatic carbocycles. The van der Waals surface area contributed by atoms with Gasteiger partial charge in [-0.25, -0.2) is 4.98 Å². The van der Waals surface area contributed by atoms with Gasteiger partial charge in [-0.3, -0.25) is 9.89 Å². The van der Waals surface area contributed by atoms with E-state index < -0.39 is 0 Å². The van der Waals surface area contributed by atoms with Crippen molar-refractivity contribution >= 4 is 41.3 Å². The smallest absolute Gasteiger partial charge is 0.191 e. The number of rotatable bonds is 9. The number of hydrogen-bond donors (Lipinski definition) is 2. The van der Waals surface area contributed by atoms with Crippen LogP contribution in [0.1, 0.15) is 49.4 Å². The van der Waals surface area contributed by atoms with Gasteiger partial charge in [0.25, 0.3) is 0 Å². The average Bonchev–Trinajstić information content (AvgIpc) is 3.14. The third-order valence-electron chi connectivity index (χ3n) is 4.67. The number of halogens is 1. The van der Waals surface area contributed by atoms with E-state index in [-0.39, 0.29) is 24.0 Å². The normalized spacial score (nSPS) is 12.8. The number of aliphatic imine (C=N–C) groups is 1. The zero-order chi connectivity index (χ0) is 19.6. The lowest BCUT2D eigenvalue weighted by Crippen LogP contribution is -2.39. The molecule has 0 saturated heterocycles. The van der Waals surface area contributed by atoms with Gasteiger partial charge in [0, 0.05) is 31.6 Å². The Hall–Kier alpha value is -1.19. The molecule has 2 aromatic rings. The zero-order valence-electron chi connectivity index (χ0n) is 17.6.